The molecule has 1 aromatic carbocycles. The average molecular weight is 275 g/mol. The predicted molar refractivity (Wildman–Crippen MR) is 71.8 cm³/mol. The second kappa shape index (κ2) is 6.84. The van der Waals surface area contributed by atoms with Crippen molar-refractivity contribution in [3.8, 4) is 0 Å². The van der Waals surface area contributed by atoms with E-state index in [0.29, 0.717) is 17.5 Å². The fourth-order valence-corrected chi connectivity index (χ4v) is 1.97. The first-order chi connectivity index (χ1) is 7.74. The molecule has 1 atom stereocenters. The highest BCUT2D eigenvalue weighted by atomic mass is 35.5. The molecule has 0 aliphatic carbocycles. The third-order valence-electron chi connectivity index (χ3n) is 2.70. The van der Waals surface area contributed by atoms with Gasteiger partial charge in [0.25, 0.3) is 0 Å². The summed E-state index contributed by atoms with van der Waals surface area (Å²) in [5.41, 5.74) is 0.993. The summed E-state index contributed by atoms with van der Waals surface area (Å²) in [5, 5.41) is 6.92. The minimum absolute atomic E-state index is 0. The van der Waals surface area contributed by atoms with Gasteiger partial charge in [-0.2, -0.15) is 0 Å². The average Bonchev–Trinajstić information content (AvgIpc) is 2.74. The summed E-state index contributed by atoms with van der Waals surface area (Å²) < 4.78 is 0. The van der Waals surface area contributed by atoms with Crippen molar-refractivity contribution in [1.82, 2.24) is 10.6 Å². The minimum Gasteiger partial charge on any atom is -0.352 e. The van der Waals surface area contributed by atoms with E-state index in [1.165, 1.54) is 0 Å². The fourth-order valence-electron chi connectivity index (χ4n) is 1.84. The van der Waals surface area contributed by atoms with Crippen LogP contribution in [0.1, 0.15) is 12.0 Å². The lowest BCUT2D eigenvalue weighted by molar-refractivity contribution is -0.121. The molecule has 5 heteroatoms. The lowest BCUT2D eigenvalue weighted by Crippen LogP contribution is -2.37. The van der Waals surface area contributed by atoms with E-state index in [0.717, 1.165) is 25.1 Å². The zero-order chi connectivity index (χ0) is 11.4. The molecule has 0 bridgehead atoms. The zero-order valence-electron chi connectivity index (χ0n) is 9.41. The van der Waals surface area contributed by atoms with Crippen molar-refractivity contribution in [3.05, 3.63) is 34.9 Å². The molecule has 2 rings (SSSR count). The quantitative estimate of drug-likeness (QED) is 0.883. The molecule has 0 saturated carbocycles. The summed E-state index contributed by atoms with van der Waals surface area (Å²) in [4.78, 5) is 11.7. The Morgan fingerprint density at radius 1 is 1.41 bits per heavy atom. The molecule has 17 heavy (non-hydrogen) atoms. The van der Waals surface area contributed by atoms with Gasteiger partial charge < -0.3 is 10.6 Å². The zero-order valence-corrected chi connectivity index (χ0v) is 11.0. The summed E-state index contributed by atoms with van der Waals surface area (Å²) in [6.07, 6.45) is 1.44. The number of carbonyl (C=O) groups excluding carboxylic acids is 1. The Balaban J connectivity index is 0.00000144. The van der Waals surface area contributed by atoms with Gasteiger partial charge in [-0.15, -0.1) is 12.4 Å². The molecule has 3 nitrogen and oxygen atoms in total. The van der Waals surface area contributed by atoms with E-state index in [9.17, 15) is 4.79 Å². The Bertz CT molecular complexity index is 361. The van der Waals surface area contributed by atoms with Crippen LogP contribution in [0.2, 0.25) is 5.02 Å². The number of hydrogen-bond donors (Lipinski definition) is 2. The Labute approximate surface area is 112 Å². The monoisotopic (exact) mass is 274 g/mol. The molecular formula is C12H16Cl2N2O. The maximum atomic E-state index is 11.7. The van der Waals surface area contributed by atoms with E-state index in [4.69, 9.17) is 11.6 Å². The number of rotatable bonds is 3. The Hall–Kier alpha value is -0.770. The van der Waals surface area contributed by atoms with Crippen LogP contribution in [0, 0.1) is 0 Å². The third-order valence-corrected chi connectivity index (χ3v) is 2.96. The summed E-state index contributed by atoms with van der Waals surface area (Å²) in [7, 11) is 0. The van der Waals surface area contributed by atoms with Crippen LogP contribution in [-0.2, 0) is 11.2 Å². The van der Waals surface area contributed by atoms with Gasteiger partial charge in [0, 0.05) is 17.6 Å². The third kappa shape index (κ3) is 4.54. The van der Waals surface area contributed by atoms with Crippen LogP contribution >= 0.6 is 24.0 Å². The van der Waals surface area contributed by atoms with E-state index in [1.54, 1.807) is 12.1 Å². The molecule has 1 amide bonds. The van der Waals surface area contributed by atoms with Gasteiger partial charge >= 0.3 is 0 Å². The molecule has 1 aliphatic rings. The van der Waals surface area contributed by atoms with Gasteiger partial charge in [-0.05, 0) is 30.7 Å². The standard InChI is InChI=1S/C12H15ClN2O.ClH/c13-10-3-1-9(2-4-10)7-12(16)15-11-5-6-14-8-11;/h1-4,11,14H,5-8H2,(H,15,16);1H. The second-order valence-corrected chi connectivity index (χ2v) is 4.50. The molecule has 1 unspecified atom stereocenters. The lowest BCUT2D eigenvalue weighted by atomic mass is 10.1. The summed E-state index contributed by atoms with van der Waals surface area (Å²) in [6.45, 7) is 1.87. The number of benzene rings is 1. The summed E-state index contributed by atoms with van der Waals surface area (Å²) >= 11 is 5.78. The number of amides is 1. The largest absolute Gasteiger partial charge is 0.352 e. The van der Waals surface area contributed by atoms with Gasteiger partial charge in [-0.3, -0.25) is 4.79 Å². The van der Waals surface area contributed by atoms with Gasteiger partial charge in [0.05, 0.1) is 6.42 Å². The smallest absolute Gasteiger partial charge is 0.224 e. The topological polar surface area (TPSA) is 41.1 Å². The highest BCUT2D eigenvalue weighted by molar-refractivity contribution is 6.30. The van der Waals surface area contributed by atoms with Gasteiger partial charge in [0.2, 0.25) is 5.91 Å². The van der Waals surface area contributed by atoms with Crippen LogP contribution in [0.15, 0.2) is 24.3 Å². The van der Waals surface area contributed by atoms with Gasteiger partial charge in [-0.1, -0.05) is 23.7 Å². The lowest BCUT2D eigenvalue weighted by Gasteiger charge is -2.11. The highest BCUT2D eigenvalue weighted by Gasteiger charge is 2.16. The number of halogens is 2. The van der Waals surface area contributed by atoms with Crippen molar-refractivity contribution in [1.29, 1.82) is 0 Å². The maximum absolute atomic E-state index is 11.7. The first kappa shape index (κ1) is 14.3. The number of carbonyl (C=O) groups is 1. The van der Waals surface area contributed by atoms with E-state index >= 15 is 0 Å². The van der Waals surface area contributed by atoms with E-state index < -0.39 is 0 Å². The van der Waals surface area contributed by atoms with Crippen LogP contribution in [0.5, 0.6) is 0 Å². The molecule has 0 aromatic heterocycles. The number of hydrogen-bond acceptors (Lipinski definition) is 2. The molecule has 94 valence electrons. The van der Waals surface area contributed by atoms with Crippen LogP contribution in [-0.4, -0.2) is 25.0 Å². The van der Waals surface area contributed by atoms with Gasteiger partial charge in [-0.25, -0.2) is 0 Å². The molecule has 1 aromatic rings. The van der Waals surface area contributed by atoms with Gasteiger partial charge in [0.1, 0.15) is 0 Å². The van der Waals surface area contributed by atoms with Crippen LogP contribution in [0.25, 0.3) is 0 Å². The van der Waals surface area contributed by atoms with E-state index in [-0.39, 0.29) is 18.3 Å². The predicted octanol–water partition coefficient (Wildman–Crippen LogP) is 1.78. The highest BCUT2D eigenvalue weighted by Crippen LogP contribution is 2.10. The first-order valence-electron chi connectivity index (χ1n) is 5.48. The van der Waals surface area contributed by atoms with Crippen molar-refractivity contribution in [2.45, 2.75) is 18.9 Å². The first-order valence-corrected chi connectivity index (χ1v) is 5.86. The van der Waals surface area contributed by atoms with Gasteiger partial charge in [0.15, 0.2) is 0 Å². The van der Waals surface area contributed by atoms with Crippen LogP contribution < -0.4 is 10.6 Å². The van der Waals surface area contributed by atoms with Crippen LogP contribution in [0.3, 0.4) is 0 Å². The van der Waals surface area contributed by atoms with Crippen molar-refractivity contribution in [3.63, 3.8) is 0 Å². The number of nitrogens with one attached hydrogen (secondary N) is 2. The summed E-state index contributed by atoms with van der Waals surface area (Å²) in [5.74, 6) is 0.0797. The molecule has 1 saturated heterocycles. The van der Waals surface area contributed by atoms with E-state index in [1.807, 2.05) is 12.1 Å². The van der Waals surface area contributed by atoms with Crippen molar-refractivity contribution >= 4 is 29.9 Å². The second-order valence-electron chi connectivity index (χ2n) is 4.06. The summed E-state index contributed by atoms with van der Waals surface area (Å²) in [6, 6.07) is 7.67. The van der Waals surface area contributed by atoms with Crippen molar-refractivity contribution in [2.24, 2.45) is 0 Å². The van der Waals surface area contributed by atoms with Crippen molar-refractivity contribution in [2.75, 3.05) is 13.1 Å². The molecular weight excluding hydrogens is 259 g/mol. The molecule has 1 aliphatic heterocycles. The molecule has 0 spiro atoms. The molecule has 1 fully saturated rings. The minimum atomic E-state index is 0. The molecule has 2 N–H and O–H groups in total. The maximum Gasteiger partial charge on any atom is 0.224 e. The Kier molecular flexibility index (Phi) is 5.75. The van der Waals surface area contributed by atoms with E-state index in [2.05, 4.69) is 10.6 Å². The molecule has 0 radical (unpaired) electrons. The molecule has 1 heterocycles. The van der Waals surface area contributed by atoms with Crippen molar-refractivity contribution < 1.29 is 4.79 Å². The normalized spacial score (nSPS) is 18.5. The Morgan fingerprint density at radius 2 is 2.12 bits per heavy atom. The fraction of sp³-hybridized carbons (Fsp3) is 0.417. The SMILES string of the molecule is Cl.O=C(Cc1ccc(Cl)cc1)NC1CCNC1. The van der Waals surface area contributed by atoms with Crippen LogP contribution in [0.4, 0.5) is 0 Å². The Morgan fingerprint density at radius 3 is 2.71 bits per heavy atom.